The number of Topliss-reactive ketones (excluding diaryl/α,β-unsaturated/α-hetero) is 1. The van der Waals surface area contributed by atoms with E-state index in [-0.39, 0.29) is 31.2 Å². The maximum Gasteiger partial charge on any atom is 0.316 e. The van der Waals surface area contributed by atoms with Gasteiger partial charge in [0, 0.05) is 0 Å². The van der Waals surface area contributed by atoms with Crippen molar-refractivity contribution in [3.63, 3.8) is 0 Å². The Morgan fingerprint density at radius 3 is 2.35 bits per heavy atom. The second kappa shape index (κ2) is 9.47. The molecule has 0 saturated heterocycles. The van der Waals surface area contributed by atoms with E-state index in [1.165, 1.54) is 7.11 Å². The molecule has 4 N–H and O–H groups in total. The van der Waals surface area contributed by atoms with E-state index in [2.05, 4.69) is 4.74 Å². The van der Waals surface area contributed by atoms with Crippen molar-refractivity contribution in [1.82, 2.24) is 0 Å². The highest BCUT2D eigenvalue weighted by molar-refractivity contribution is 6.01. The van der Waals surface area contributed by atoms with Crippen molar-refractivity contribution in [3.8, 4) is 0 Å². The van der Waals surface area contributed by atoms with Crippen LogP contribution < -0.4 is 11.5 Å². The first-order chi connectivity index (χ1) is 9.10. The van der Waals surface area contributed by atoms with Gasteiger partial charge in [-0.25, -0.2) is 0 Å². The van der Waals surface area contributed by atoms with Gasteiger partial charge < -0.3 is 16.2 Å². The van der Waals surface area contributed by atoms with E-state index in [9.17, 15) is 9.59 Å². The van der Waals surface area contributed by atoms with E-state index >= 15 is 0 Å². The summed E-state index contributed by atoms with van der Waals surface area (Å²) < 4.78 is 4.62. The third-order valence-electron chi connectivity index (χ3n) is 2.95. The number of carbonyl (C=O) groups excluding carboxylic acids is 2. The van der Waals surface area contributed by atoms with Gasteiger partial charge in [0.25, 0.3) is 0 Å². The monoisotopic (exact) mass is 300 g/mol. The van der Waals surface area contributed by atoms with Crippen LogP contribution in [0.15, 0.2) is 30.3 Å². The summed E-state index contributed by atoms with van der Waals surface area (Å²) in [5.74, 6) is -1.76. The number of nitrogens with two attached hydrogens (primary N) is 2. The SMILES string of the molecule is COC(=O)C(CCN)C(=O)C(N)Cc1ccccc1.Cl. The molecule has 6 heteroatoms. The van der Waals surface area contributed by atoms with Crippen molar-refractivity contribution < 1.29 is 14.3 Å². The average Bonchev–Trinajstić information content (AvgIpc) is 2.44. The van der Waals surface area contributed by atoms with E-state index in [0.29, 0.717) is 6.42 Å². The molecule has 2 atom stereocenters. The maximum atomic E-state index is 12.2. The van der Waals surface area contributed by atoms with Crippen LogP contribution in [0.3, 0.4) is 0 Å². The molecule has 0 spiro atoms. The fraction of sp³-hybridized carbons (Fsp3) is 0.429. The van der Waals surface area contributed by atoms with Gasteiger partial charge in [-0.15, -0.1) is 12.4 Å². The van der Waals surface area contributed by atoms with Crippen LogP contribution in [0.1, 0.15) is 12.0 Å². The molecule has 1 rings (SSSR count). The molecule has 0 aliphatic rings. The largest absolute Gasteiger partial charge is 0.468 e. The summed E-state index contributed by atoms with van der Waals surface area (Å²) in [5.41, 5.74) is 12.2. The minimum Gasteiger partial charge on any atom is -0.468 e. The smallest absolute Gasteiger partial charge is 0.316 e. The zero-order valence-electron chi connectivity index (χ0n) is 11.5. The molecule has 2 unspecified atom stereocenters. The zero-order valence-corrected chi connectivity index (χ0v) is 12.3. The van der Waals surface area contributed by atoms with Crippen molar-refractivity contribution in [2.75, 3.05) is 13.7 Å². The highest BCUT2D eigenvalue weighted by Gasteiger charge is 2.30. The second-order valence-corrected chi connectivity index (χ2v) is 4.35. The van der Waals surface area contributed by atoms with Gasteiger partial charge in [-0.1, -0.05) is 30.3 Å². The highest BCUT2D eigenvalue weighted by atomic mass is 35.5. The predicted octanol–water partition coefficient (Wildman–Crippen LogP) is 0.685. The van der Waals surface area contributed by atoms with Gasteiger partial charge in [0.2, 0.25) is 0 Å². The van der Waals surface area contributed by atoms with Crippen LogP contribution in [0.4, 0.5) is 0 Å². The van der Waals surface area contributed by atoms with Crippen LogP contribution in [-0.4, -0.2) is 31.4 Å². The van der Waals surface area contributed by atoms with E-state index in [0.717, 1.165) is 5.56 Å². The number of ketones is 1. The molecular weight excluding hydrogens is 280 g/mol. The van der Waals surface area contributed by atoms with E-state index in [1.54, 1.807) is 0 Å². The Bertz CT molecular complexity index is 426. The van der Waals surface area contributed by atoms with E-state index in [4.69, 9.17) is 11.5 Å². The van der Waals surface area contributed by atoms with Crippen LogP contribution in [0.5, 0.6) is 0 Å². The molecule has 0 heterocycles. The summed E-state index contributed by atoms with van der Waals surface area (Å²) in [7, 11) is 1.25. The quantitative estimate of drug-likeness (QED) is 0.570. The number of hydrogen-bond donors (Lipinski definition) is 2. The maximum absolute atomic E-state index is 12.2. The second-order valence-electron chi connectivity index (χ2n) is 4.35. The lowest BCUT2D eigenvalue weighted by atomic mass is 9.92. The number of halogens is 1. The number of ether oxygens (including phenoxy) is 1. The topological polar surface area (TPSA) is 95.4 Å². The number of benzene rings is 1. The molecule has 1 aromatic rings. The van der Waals surface area contributed by atoms with Gasteiger partial charge in [-0.2, -0.15) is 0 Å². The van der Waals surface area contributed by atoms with Crippen molar-refractivity contribution in [3.05, 3.63) is 35.9 Å². The molecule has 0 aliphatic heterocycles. The molecule has 112 valence electrons. The summed E-state index contributed by atoms with van der Waals surface area (Å²) in [5, 5.41) is 0. The van der Waals surface area contributed by atoms with Crippen LogP contribution in [0, 0.1) is 5.92 Å². The van der Waals surface area contributed by atoms with Crippen molar-refractivity contribution in [1.29, 1.82) is 0 Å². The first-order valence-corrected chi connectivity index (χ1v) is 6.21. The Morgan fingerprint density at radius 2 is 1.85 bits per heavy atom. The fourth-order valence-electron chi connectivity index (χ4n) is 1.91. The highest BCUT2D eigenvalue weighted by Crippen LogP contribution is 2.11. The molecule has 0 amide bonds. The number of hydrogen-bond acceptors (Lipinski definition) is 5. The third kappa shape index (κ3) is 5.28. The molecule has 0 saturated carbocycles. The van der Waals surface area contributed by atoms with Crippen molar-refractivity contribution in [2.45, 2.75) is 18.9 Å². The third-order valence-corrected chi connectivity index (χ3v) is 2.95. The number of esters is 1. The van der Waals surface area contributed by atoms with Gasteiger partial charge in [0.15, 0.2) is 5.78 Å². The normalized spacial score (nSPS) is 12.9. The van der Waals surface area contributed by atoms with Crippen LogP contribution in [0.25, 0.3) is 0 Å². The number of carbonyl (C=O) groups is 2. The molecule has 5 nitrogen and oxygen atoms in total. The molecule has 1 aromatic carbocycles. The zero-order chi connectivity index (χ0) is 14.3. The lowest BCUT2D eigenvalue weighted by molar-refractivity contribution is -0.150. The molecule has 0 fully saturated rings. The van der Waals surface area contributed by atoms with Crippen molar-refractivity contribution >= 4 is 24.2 Å². The van der Waals surface area contributed by atoms with Gasteiger partial charge in [-0.3, -0.25) is 9.59 Å². The van der Waals surface area contributed by atoms with Crippen LogP contribution in [0.2, 0.25) is 0 Å². The summed E-state index contributed by atoms with van der Waals surface area (Å²) in [6, 6.07) is 8.71. The lowest BCUT2D eigenvalue weighted by Crippen LogP contribution is -2.41. The Kier molecular flexibility index (Phi) is 8.79. The minimum atomic E-state index is -0.867. The first-order valence-electron chi connectivity index (χ1n) is 6.21. The van der Waals surface area contributed by atoms with Crippen molar-refractivity contribution in [2.24, 2.45) is 17.4 Å². The number of methoxy groups -OCH3 is 1. The summed E-state index contributed by atoms with van der Waals surface area (Å²) in [6.07, 6.45) is 0.658. The molecule has 20 heavy (non-hydrogen) atoms. The predicted molar refractivity (Wildman–Crippen MR) is 79.6 cm³/mol. The minimum absolute atomic E-state index is 0. The molecule has 0 aromatic heterocycles. The molecule has 0 bridgehead atoms. The Hall–Kier alpha value is -1.43. The molecular formula is C14H21ClN2O3. The van der Waals surface area contributed by atoms with Gasteiger partial charge in [0.05, 0.1) is 13.2 Å². The van der Waals surface area contributed by atoms with Gasteiger partial charge in [0.1, 0.15) is 5.92 Å². The van der Waals surface area contributed by atoms with Gasteiger partial charge in [-0.05, 0) is 24.9 Å². The lowest BCUT2D eigenvalue weighted by Gasteiger charge is -2.17. The fourth-order valence-corrected chi connectivity index (χ4v) is 1.91. The Morgan fingerprint density at radius 1 is 1.25 bits per heavy atom. The molecule has 0 radical (unpaired) electrons. The Balaban J connectivity index is 0.00000361. The standard InChI is InChI=1S/C14H20N2O3.ClH/c1-19-14(18)11(7-8-15)13(17)12(16)9-10-5-3-2-4-6-10;/h2-6,11-12H,7-9,15-16H2,1H3;1H. The average molecular weight is 301 g/mol. The summed E-state index contributed by atoms with van der Waals surface area (Å²) in [6.45, 7) is 0.240. The number of rotatable bonds is 7. The Labute approximate surface area is 125 Å². The first kappa shape index (κ1) is 18.6. The molecule has 0 aliphatic carbocycles. The van der Waals surface area contributed by atoms with E-state index in [1.807, 2.05) is 30.3 Å². The summed E-state index contributed by atoms with van der Waals surface area (Å²) >= 11 is 0. The van der Waals surface area contributed by atoms with Crippen LogP contribution >= 0.6 is 12.4 Å². The van der Waals surface area contributed by atoms with Gasteiger partial charge >= 0.3 is 5.97 Å². The van der Waals surface area contributed by atoms with E-state index < -0.39 is 17.9 Å². The van der Waals surface area contributed by atoms with Crippen LogP contribution in [-0.2, 0) is 20.7 Å². The summed E-state index contributed by atoms with van der Waals surface area (Å²) in [4.78, 5) is 23.7.